The number of fused-ring (bicyclic) bond motifs is 1. The average molecular weight is 395 g/mol. The van der Waals surface area contributed by atoms with Crippen molar-refractivity contribution in [1.29, 1.82) is 0 Å². The number of piperazine rings is 1. The Hall–Kier alpha value is -3.35. The molecule has 1 aromatic heterocycles. The molecule has 0 unspecified atom stereocenters. The van der Waals surface area contributed by atoms with Gasteiger partial charge in [0.2, 0.25) is 0 Å². The number of benzene rings is 2. The van der Waals surface area contributed by atoms with Crippen molar-refractivity contribution >= 4 is 28.3 Å². The van der Waals surface area contributed by atoms with E-state index < -0.39 is 11.7 Å². The Labute approximate surface area is 167 Å². The number of nitrogens with zero attached hydrogens (tertiary/aromatic N) is 2. The zero-order valence-corrected chi connectivity index (χ0v) is 16.4. The van der Waals surface area contributed by atoms with Gasteiger partial charge in [0.1, 0.15) is 17.3 Å². The number of hydrogen-bond donors (Lipinski definition) is 1. The van der Waals surface area contributed by atoms with Crippen molar-refractivity contribution in [2.75, 3.05) is 38.2 Å². The number of methoxy groups -OCH3 is 1. The molecule has 0 atom stereocenters. The first-order valence-electron chi connectivity index (χ1n) is 9.49. The molecule has 4 rings (SSSR count). The van der Waals surface area contributed by atoms with Gasteiger partial charge < -0.3 is 19.5 Å². The quantitative estimate of drug-likeness (QED) is 0.544. The van der Waals surface area contributed by atoms with Crippen molar-refractivity contribution in [2.45, 2.75) is 6.92 Å². The molecule has 6 nitrogen and oxygen atoms in total. The first-order chi connectivity index (χ1) is 14.0. The Morgan fingerprint density at radius 3 is 2.48 bits per heavy atom. The van der Waals surface area contributed by atoms with Gasteiger partial charge in [-0.05, 0) is 25.1 Å². The molecular formula is C22H22FN3O3. The zero-order valence-electron chi connectivity index (χ0n) is 16.4. The maximum atomic E-state index is 14.3. The van der Waals surface area contributed by atoms with Crippen LogP contribution in [0.2, 0.25) is 0 Å². The van der Waals surface area contributed by atoms with Crippen LogP contribution in [0.5, 0.6) is 5.75 Å². The third-order valence-electron chi connectivity index (χ3n) is 5.37. The lowest BCUT2D eigenvalue weighted by atomic mass is 10.1. The smallest absolute Gasteiger partial charge is 0.295 e. The second-order valence-corrected chi connectivity index (χ2v) is 7.07. The van der Waals surface area contributed by atoms with E-state index >= 15 is 0 Å². The fourth-order valence-electron chi connectivity index (χ4n) is 3.92. The predicted molar refractivity (Wildman–Crippen MR) is 109 cm³/mol. The van der Waals surface area contributed by atoms with Crippen molar-refractivity contribution in [3.05, 3.63) is 59.5 Å². The third-order valence-corrected chi connectivity index (χ3v) is 5.37. The number of ketones is 1. The summed E-state index contributed by atoms with van der Waals surface area (Å²) in [5.74, 6) is -0.959. The fourth-order valence-corrected chi connectivity index (χ4v) is 3.92. The molecule has 0 spiro atoms. The molecule has 1 saturated heterocycles. The summed E-state index contributed by atoms with van der Waals surface area (Å²) in [5.41, 5.74) is 2.32. The van der Waals surface area contributed by atoms with Crippen LogP contribution >= 0.6 is 0 Å². The number of nitrogens with one attached hydrogen (secondary N) is 1. The second-order valence-electron chi connectivity index (χ2n) is 7.07. The van der Waals surface area contributed by atoms with E-state index in [9.17, 15) is 14.0 Å². The summed E-state index contributed by atoms with van der Waals surface area (Å²) < 4.78 is 19.6. The molecule has 1 aliphatic heterocycles. The van der Waals surface area contributed by atoms with Crippen LogP contribution in [0.1, 0.15) is 16.1 Å². The molecule has 2 aromatic carbocycles. The number of aryl methyl sites for hydroxylation is 1. The van der Waals surface area contributed by atoms with Crippen molar-refractivity contribution in [1.82, 2.24) is 9.88 Å². The summed E-state index contributed by atoms with van der Waals surface area (Å²) in [5, 5.41) is 0.748. The average Bonchev–Trinajstić information content (AvgIpc) is 3.08. The summed E-state index contributed by atoms with van der Waals surface area (Å²) in [4.78, 5) is 32.4. The van der Waals surface area contributed by atoms with Crippen LogP contribution in [0.3, 0.4) is 0 Å². The Balaban J connectivity index is 1.51. The van der Waals surface area contributed by atoms with Gasteiger partial charge in [-0.15, -0.1) is 0 Å². The monoisotopic (exact) mass is 395 g/mol. The molecule has 0 saturated carbocycles. The highest BCUT2D eigenvalue weighted by molar-refractivity contribution is 6.45. The van der Waals surface area contributed by atoms with E-state index in [0.717, 1.165) is 10.9 Å². The summed E-state index contributed by atoms with van der Waals surface area (Å²) in [7, 11) is 1.50. The van der Waals surface area contributed by atoms with Crippen molar-refractivity contribution in [3.8, 4) is 5.75 Å². The fraction of sp³-hybridized carbons (Fsp3) is 0.273. The van der Waals surface area contributed by atoms with E-state index in [4.69, 9.17) is 4.74 Å². The van der Waals surface area contributed by atoms with Gasteiger partial charge in [-0.1, -0.05) is 24.3 Å². The topological polar surface area (TPSA) is 65.6 Å². The number of carbonyl (C=O) groups excluding carboxylic acids is 2. The minimum Gasteiger partial charge on any atom is -0.494 e. The van der Waals surface area contributed by atoms with E-state index in [2.05, 4.69) is 4.98 Å². The molecule has 1 amide bonds. The van der Waals surface area contributed by atoms with Gasteiger partial charge in [-0.2, -0.15) is 0 Å². The van der Waals surface area contributed by atoms with Gasteiger partial charge >= 0.3 is 0 Å². The number of anilines is 1. The predicted octanol–water partition coefficient (Wildman–Crippen LogP) is 3.16. The molecule has 0 aliphatic carbocycles. The molecule has 0 bridgehead atoms. The van der Waals surface area contributed by atoms with E-state index in [1.54, 1.807) is 19.1 Å². The molecule has 1 aliphatic rings. The number of H-pyrrole nitrogens is 1. The minimum atomic E-state index is -0.530. The third kappa shape index (κ3) is 3.33. The molecule has 150 valence electrons. The Bertz CT molecular complexity index is 1080. The van der Waals surface area contributed by atoms with Crippen molar-refractivity contribution in [2.24, 2.45) is 0 Å². The molecule has 0 radical (unpaired) electrons. The van der Waals surface area contributed by atoms with E-state index in [0.29, 0.717) is 48.9 Å². The SMILES string of the molecule is COc1cccc(F)c1N1CCN(C(=O)C(=O)c2c(C)[nH]c3ccccc23)CC1. The van der Waals surface area contributed by atoms with Crippen LogP contribution in [-0.2, 0) is 4.79 Å². The molecular weight excluding hydrogens is 373 g/mol. The Kier molecular flexibility index (Phi) is 4.96. The number of aromatic amines is 1. The summed E-state index contributed by atoms with van der Waals surface area (Å²) in [6.07, 6.45) is 0. The standard InChI is InChI=1S/C22H22FN3O3/c1-14-19(15-6-3-4-8-17(15)24-14)21(27)22(28)26-12-10-25(11-13-26)20-16(23)7-5-9-18(20)29-2/h3-9,24H,10-13H2,1-2H3. The highest BCUT2D eigenvalue weighted by Crippen LogP contribution is 2.32. The van der Waals surface area contributed by atoms with Gasteiger partial charge in [0.25, 0.3) is 11.7 Å². The van der Waals surface area contributed by atoms with Gasteiger partial charge in [-0.3, -0.25) is 9.59 Å². The van der Waals surface area contributed by atoms with Crippen LogP contribution in [0, 0.1) is 12.7 Å². The van der Waals surface area contributed by atoms with Crippen LogP contribution in [0.25, 0.3) is 10.9 Å². The van der Waals surface area contributed by atoms with E-state index in [-0.39, 0.29) is 5.82 Å². The lowest BCUT2D eigenvalue weighted by Crippen LogP contribution is -2.51. The van der Waals surface area contributed by atoms with Crippen LogP contribution < -0.4 is 9.64 Å². The summed E-state index contributed by atoms with van der Waals surface area (Å²) >= 11 is 0. The van der Waals surface area contributed by atoms with E-state index in [1.165, 1.54) is 18.1 Å². The Morgan fingerprint density at radius 1 is 1.03 bits per heavy atom. The first-order valence-corrected chi connectivity index (χ1v) is 9.49. The van der Waals surface area contributed by atoms with Gasteiger partial charge in [0.05, 0.1) is 12.7 Å². The second kappa shape index (κ2) is 7.58. The zero-order chi connectivity index (χ0) is 20.5. The number of halogens is 1. The molecule has 2 heterocycles. The number of aromatic nitrogens is 1. The van der Waals surface area contributed by atoms with Gasteiger partial charge in [0, 0.05) is 42.8 Å². The lowest BCUT2D eigenvalue weighted by molar-refractivity contribution is -0.126. The first kappa shape index (κ1) is 19.0. The molecule has 1 fully saturated rings. The maximum Gasteiger partial charge on any atom is 0.295 e. The minimum absolute atomic E-state index is 0.337. The summed E-state index contributed by atoms with van der Waals surface area (Å²) in [6, 6.07) is 12.1. The van der Waals surface area contributed by atoms with Crippen LogP contribution in [-0.4, -0.2) is 54.9 Å². The summed E-state index contributed by atoms with van der Waals surface area (Å²) in [6.45, 7) is 3.31. The number of rotatable bonds is 4. The lowest BCUT2D eigenvalue weighted by Gasteiger charge is -2.36. The number of para-hydroxylation sites is 2. The molecule has 1 N–H and O–H groups in total. The number of ether oxygens (including phenoxy) is 1. The number of carbonyl (C=O) groups is 2. The molecule has 29 heavy (non-hydrogen) atoms. The van der Waals surface area contributed by atoms with Crippen molar-refractivity contribution in [3.63, 3.8) is 0 Å². The van der Waals surface area contributed by atoms with Gasteiger partial charge in [-0.25, -0.2) is 4.39 Å². The van der Waals surface area contributed by atoms with Gasteiger partial charge in [0.15, 0.2) is 0 Å². The number of amides is 1. The molecule has 7 heteroatoms. The van der Waals surface area contributed by atoms with Crippen LogP contribution in [0.15, 0.2) is 42.5 Å². The highest BCUT2D eigenvalue weighted by Gasteiger charge is 2.30. The molecule has 3 aromatic rings. The maximum absolute atomic E-state index is 14.3. The highest BCUT2D eigenvalue weighted by atomic mass is 19.1. The normalized spacial score (nSPS) is 14.3. The number of hydrogen-bond acceptors (Lipinski definition) is 4. The van der Waals surface area contributed by atoms with E-state index in [1.807, 2.05) is 29.2 Å². The van der Waals surface area contributed by atoms with Crippen LogP contribution in [0.4, 0.5) is 10.1 Å². The van der Waals surface area contributed by atoms with Crippen molar-refractivity contribution < 1.29 is 18.7 Å². The Morgan fingerprint density at radius 2 is 1.76 bits per heavy atom. The largest absolute Gasteiger partial charge is 0.494 e. The number of Topliss-reactive ketones (excluding diaryl/α,β-unsaturated/α-hetero) is 1.